The van der Waals surface area contributed by atoms with Crippen LogP contribution in [-0.4, -0.2) is 10.8 Å². The number of amides is 1. The van der Waals surface area contributed by atoms with Gasteiger partial charge in [0.15, 0.2) is 0 Å². The summed E-state index contributed by atoms with van der Waals surface area (Å²) in [4.78, 5) is 22.3. The second-order valence-corrected chi connectivity index (χ2v) is 4.57. The first kappa shape index (κ1) is 12.9. The predicted octanol–water partition coefficient (Wildman–Crippen LogP) is 1.01. The number of rotatable bonds is 2. The van der Waals surface area contributed by atoms with Crippen LogP contribution in [-0.2, 0) is 11.2 Å². The van der Waals surface area contributed by atoms with Crippen LogP contribution in [0.15, 0.2) is 34.4 Å². The molecule has 0 radical (unpaired) electrons. The highest BCUT2D eigenvalue weighted by molar-refractivity contribution is 7.97. The Kier molecular flexibility index (Phi) is 3.39. The van der Waals surface area contributed by atoms with Crippen molar-refractivity contribution in [3.05, 3.63) is 45.1 Å². The molecule has 0 fully saturated rings. The zero-order valence-electron chi connectivity index (χ0n) is 9.54. The minimum absolute atomic E-state index is 0.0363. The van der Waals surface area contributed by atoms with Gasteiger partial charge in [0.2, 0.25) is 0 Å². The number of hydrogen-bond acceptors (Lipinski definition) is 6. The molecule has 1 aliphatic heterocycles. The second-order valence-electron chi connectivity index (χ2n) is 3.72. The van der Waals surface area contributed by atoms with Gasteiger partial charge >= 0.3 is 0 Å². The molecule has 1 aromatic rings. The fourth-order valence-electron chi connectivity index (χ4n) is 1.74. The summed E-state index contributed by atoms with van der Waals surface area (Å²) in [5.41, 5.74) is 5.61. The average Bonchev–Trinajstić information content (AvgIpc) is 2.38. The molecule has 96 valence electrons. The maximum absolute atomic E-state index is 11.1. The molecule has 7 nitrogen and oxygen atoms in total. The van der Waals surface area contributed by atoms with E-state index in [-0.39, 0.29) is 17.7 Å². The third-order valence-corrected chi connectivity index (χ3v) is 3.55. The summed E-state index contributed by atoms with van der Waals surface area (Å²) in [6, 6.07) is 6.41. The van der Waals surface area contributed by atoms with E-state index in [0.29, 0.717) is 16.2 Å². The van der Waals surface area contributed by atoms with Crippen LogP contribution in [0.2, 0.25) is 0 Å². The first-order valence-electron chi connectivity index (χ1n) is 5.16. The standard InChI is InChI=1S/C11H8N4O3S/c12-5-7(11(13)16)8-4-6-9(15(17)18)2-1-3-10(6)19-14-8/h1-3,14H,4H2,(H2,13,16)/b8-7+. The number of hydrogen-bond donors (Lipinski definition) is 2. The van der Waals surface area contributed by atoms with E-state index in [2.05, 4.69) is 4.72 Å². The fourth-order valence-corrected chi connectivity index (χ4v) is 2.59. The Labute approximate surface area is 112 Å². The Morgan fingerprint density at radius 3 is 2.89 bits per heavy atom. The number of carbonyl (C=O) groups excluding carboxylic acids is 1. The monoisotopic (exact) mass is 276 g/mol. The molecule has 0 atom stereocenters. The minimum atomic E-state index is -0.854. The van der Waals surface area contributed by atoms with E-state index in [0.717, 1.165) is 11.9 Å². The molecule has 1 aliphatic rings. The van der Waals surface area contributed by atoms with Crippen molar-refractivity contribution in [1.29, 1.82) is 5.26 Å². The SMILES string of the molecule is N#C/C(C(N)=O)=C1/Cc2c(cccc2[N+](=O)[O-])SN1. The van der Waals surface area contributed by atoms with Gasteiger partial charge in [0.05, 0.1) is 10.5 Å². The van der Waals surface area contributed by atoms with Crippen molar-refractivity contribution in [1.82, 2.24) is 4.72 Å². The van der Waals surface area contributed by atoms with Crippen molar-refractivity contribution in [2.45, 2.75) is 11.3 Å². The summed E-state index contributed by atoms with van der Waals surface area (Å²) < 4.78 is 2.82. The number of benzene rings is 1. The lowest BCUT2D eigenvalue weighted by Gasteiger charge is -2.19. The van der Waals surface area contributed by atoms with Crippen LogP contribution in [0.25, 0.3) is 0 Å². The first-order chi connectivity index (χ1) is 9.04. The number of primary amides is 1. The number of nitro benzene ring substituents is 1. The smallest absolute Gasteiger partial charge is 0.274 e. The number of nitriles is 1. The first-order valence-corrected chi connectivity index (χ1v) is 5.98. The lowest BCUT2D eigenvalue weighted by molar-refractivity contribution is -0.385. The van der Waals surface area contributed by atoms with Crippen LogP contribution in [0.3, 0.4) is 0 Å². The van der Waals surface area contributed by atoms with E-state index >= 15 is 0 Å². The summed E-state index contributed by atoms with van der Waals surface area (Å²) in [6.07, 6.45) is 0.103. The number of nitrogens with two attached hydrogens (primary N) is 1. The van der Waals surface area contributed by atoms with Gasteiger partial charge in [-0.25, -0.2) is 0 Å². The topological polar surface area (TPSA) is 122 Å². The van der Waals surface area contributed by atoms with E-state index < -0.39 is 10.8 Å². The molecule has 2 rings (SSSR count). The van der Waals surface area contributed by atoms with Gasteiger partial charge in [-0.1, -0.05) is 6.07 Å². The lowest BCUT2D eigenvalue weighted by atomic mass is 10.0. The fraction of sp³-hybridized carbons (Fsp3) is 0.0909. The Morgan fingerprint density at radius 2 is 2.32 bits per heavy atom. The van der Waals surface area contributed by atoms with Crippen LogP contribution >= 0.6 is 11.9 Å². The van der Waals surface area contributed by atoms with Gasteiger partial charge in [-0.3, -0.25) is 14.9 Å². The molecule has 1 amide bonds. The molecule has 0 spiro atoms. The minimum Gasteiger partial charge on any atom is -0.365 e. The quantitative estimate of drug-likeness (QED) is 0.273. The molecule has 0 saturated heterocycles. The van der Waals surface area contributed by atoms with E-state index in [1.807, 2.05) is 0 Å². The van der Waals surface area contributed by atoms with Gasteiger partial charge in [0, 0.05) is 23.1 Å². The van der Waals surface area contributed by atoms with Gasteiger partial charge in [0.25, 0.3) is 11.6 Å². The third kappa shape index (κ3) is 2.36. The van der Waals surface area contributed by atoms with Crippen molar-refractivity contribution < 1.29 is 9.72 Å². The molecule has 0 bridgehead atoms. The van der Waals surface area contributed by atoms with E-state index in [1.165, 1.54) is 6.07 Å². The van der Waals surface area contributed by atoms with E-state index in [1.54, 1.807) is 18.2 Å². The number of fused-ring (bicyclic) bond motifs is 1. The summed E-state index contributed by atoms with van der Waals surface area (Å²) in [5.74, 6) is -0.854. The predicted molar refractivity (Wildman–Crippen MR) is 67.6 cm³/mol. The maximum atomic E-state index is 11.1. The molecule has 1 heterocycles. The van der Waals surface area contributed by atoms with Crippen molar-refractivity contribution in [2.24, 2.45) is 5.73 Å². The highest BCUT2D eigenvalue weighted by atomic mass is 32.2. The molecule has 8 heteroatoms. The maximum Gasteiger partial charge on any atom is 0.274 e. The molecule has 1 aromatic carbocycles. The van der Waals surface area contributed by atoms with Crippen molar-refractivity contribution in [2.75, 3.05) is 0 Å². The Balaban J connectivity index is 2.53. The van der Waals surface area contributed by atoms with Gasteiger partial charge in [-0.2, -0.15) is 5.26 Å². The molecular weight excluding hydrogens is 268 g/mol. The Morgan fingerprint density at radius 1 is 1.58 bits per heavy atom. The Hall–Kier alpha value is -2.53. The van der Waals surface area contributed by atoms with Crippen molar-refractivity contribution >= 4 is 23.5 Å². The van der Waals surface area contributed by atoms with Gasteiger partial charge < -0.3 is 10.5 Å². The number of nitrogens with one attached hydrogen (secondary N) is 1. The van der Waals surface area contributed by atoms with Gasteiger partial charge in [-0.15, -0.1) is 0 Å². The summed E-state index contributed by atoms with van der Waals surface area (Å²) in [7, 11) is 0. The third-order valence-electron chi connectivity index (χ3n) is 2.60. The summed E-state index contributed by atoms with van der Waals surface area (Å²) in [5, 5.41) is 19.8. The zero-order valence-corrected chi connectivity index (χ0v) is 10.4. The summed E-state index contributed by atoms with van der Waals surface area (Å²) >= 11 is 1.12. The number of nitrogens with zero attached hydrogens (tertiary/aromatic N) is 2. The summed E-state index contributed by atoms with van der Waals surface area (Å²) in [6.45, 7) is 0. The lowest BCUT2D eigenvalue weighted by Crippen LogP contribution is -2.23. The van der Waals surface area contributed by atoms with Gasteiger partial charge in [0.1, 0.15) is 11.6 Å². The molecule has 19 heavy (non-hydrogen) atoms. The normalized spacial score (nSPS) is 15.7. The van der Waals surface area contributed by atoms with Crippen LogP contribution in [0.4, 0.5) is 5.69 Å². The van der Waals surface area contributed by atoms with Crippen LogP contribution in [0.1, 0.15) is 5.56 Å². The van der Waals surface area contributed by atoms with Crippen LogP contribution in [0.5, 0.6) is 0 Å². The number of allylic oxidation sites excluding steroid dienone is 1. The second kappa shape index (κ2) is 4.99. The van der Waals surface area contributed by atoms with E-state index in [9.17, 15) is 14.9 Å². The highest BCUT2D eigenvalue weighted by Gasteiger charge is 2.25. The van der Waals surface area contributed by atoms with Crippen LogP contribution < -0.4 is 10.5 Å². The number of nitro groups is 1. The molecule has 0 unspecified atom stereocenters. The van der Waals surface area contributed by atoms with Gasteiger partial charge in [-0.05, 0) is 18.0 Å². The molecule has 3 N–H and O–H groups in total. The molecule has 0 aliphatic carbocycles. The largest absolute Gasteiger partial charge is 0.365 e. The van der Waals surface area contributed by atoms with Crippen molar-refractivity contribution in [3.63, 3.8) is 0 Å². The Bertz CT molecular complexity index is 648. The van der Waals surface area contributed by atoms with Crippen LogP contribution in [0, 0.1) is 21.4 Å². The van der Waals surface area contributed by atoms with Crippen molar-refractivity contribution in [3.8, 4) is 6.07 Å². The molecule has 0 saturated carbocycles. The molecule has 0 aromatic heterocycles. The highest BCUT2D eigenvalue weighted by Crippen LogP contribution is 2.35. The average molecular weight is 276 g/mol. The zero-order chi connectivity index (χ0) is 14.0. The van der Waals surface area contributed by atoms with E-state index in [4.69, 9.17) is 11.0 Å². The number of carbonyl (C=O) groups is 1. The molecular formula is C11H8N4O3S.